The second-order valence-electron chi connectivity index (χ2n) is 6.64. The zero-order chi connectivity index (χ0) is 17.6. The SMILES string of the molecule is O=C(Nc1cccc(NC(=O)C2CCCC2)c1)N[C@H]1CCCNC1=O. The van der Waals surface area contributed by atoms with Crippen molar-refractivity contribution in [2.75, 3.05) is 17.2 Å². The lowest BCUT2D eigenvalue weighted by atomic mass is 10.1. The zero-order valence-corrected chi connectivity index (χ0v) is 14.1. The standard InChI is InChI=1S/C18H24N4O3/c23-16(12-5-1-2-6-12)20-13-7-3-8-14(11-13)21-18(25)22-15-9-4-10-19-17(15)24/h3,7-8,11-12,15H,1-2,4-6,9-10H2,(H,19,24)(H,20,23)(H2,21,22,25)/t15-/m0/s1. The Bertz CT molecular complexity index is 655. The number of hydrogen-bond donors (Lipinski definition) is 4. The molecule has 1 saturated carbocycles. The molecule has 2 fully saturated rings. The van der Waals surface area contributed by atoms with Gasteiger partial charge in [0.1, 0.15) is 6.04 Å². The van der Waals surface area contributed by atoms with Gasteiger partial charge in [0.2, 0.25) is 11.8 Å². The molecule has 1 atom stereocenters. The summed E-state index contributed by atoms with van der Waals surface area (Å²) in [7, 11) is 0. The van der Waals surface area contributed by atoms with Gasteiger partial charge in [-0.05, 0) is 43.9 Å². The third-order valence-corrected chi connectivity index (χ3v) is 4.70. The van der Waals surface area contributed by atoms with Crippen LogP contribution in [0.1, 0.15) is 38.5 Å². The van der Waals surface area contributed by atoms with E-state index in [9.17, 15) is 14.4 Å². The smallest absolute Gasteiger partial charge is 0.319 e. The summed E-state index contributed by atoms with van der Waals surface area (Å²) >= 11 is 0. The third-order valence-electron chi connectivity index (χ3n) is 4.70. The van der Waals surface area contributed by atoms with Crippen LogP contribution in [0.4, 0.5) is 16.2 Å². The number of carbonyl (C=O) groups excluding carboxylic acids is 3. The zero-order valence-electron chi connectivity index (χ0n) is 14.1. The molecule has 4 amide bonds. The molecule has 7 heteroatoms. The molecular weight excluding hydrogens is 320 g/mol. The molecule has 1 aromatic rings. The third kappa shape index (κ3) is 4.71. The average Bonchev–Trinajstić information content (AvgIpc) is 3.12. The van der Waals surface area contributed by atoms with E-state index in [1.165, 1.54) is 0 Å². The van der Waals surface area contributed by atoms with Crippen molar-refractivity contribution >= 4 is 29.2 Å². The van der Waals surface area contributed by atoms with Crippen LogP contribution in [0.15, 0.2) is 24.3 Å². The molecule has 7 nitrogen and oxygen atoms in total. The molecule has 134 valence electrons. The van der Waals surface area contributed by atoms with Crippen molar-refractivity contribution in [1.82, 2.24) is 10.6 Å². The van der Waals surface area contributed by atoms with Gasteiger partial charge in [0.25, 0.3) is 0 Å². The summed E-state index contributed by atoms with van der Waals surface area (Å²) in [6, 6.07) is 6.09. The molecule has 0 radical (unpaired) electrons. The van der Waals surface area contributed by atoms with E-state index in [2.05, 4.69) is 21.3 Å². The molecule has 0 spiro atoms. The number of urea groups is 1. The number of anilines is 2. The minimum Gasteiger partial charge on any atom is -0.354 e. The van der Waals surface area contributed by atoms with Gasteiger partial charge in [-0.1, -0.05) is 18.9 Å². The van der Waals surface area contributed by atoms with E-state index in [0.717, 1.165) is 32.1 Å². The van der Waals surface area contributed by atoms with E-state index in [-0.39, 0.29) is 17.7 Å². The summed E-state index contributed by atoms with van der Waals surface area (Å²) < 4.78 is 0. The fraction of sp³-hybridized carbons (Fsp3) is 0.500. The molecule has 3 rings (SSSR count). The van der Waals surface area contributed by atoms with Crippen LogP contribution in [0.3, 0.4) is 0 Å². The second kappa shape index (κ2) is 8.00. The van der Waals surface area contributed by atoms with Gasteiger partial charge >= 0.3 is 6.03 Å². The van der Waals surface area contributed by atoms with Crippen LogP contribution in [0.25, 0.3) is 0 Å². The van der Waals surface area contributed by atoms with Gasteiger partial charge in [-0.25, -0.2) is 4.79 Å². The Morgan fingerprint density at radius 2 is 1.72 bits per heavy atom. The van der Waals surface area contributed by atoms with Gasteiger partial charge in [-0.2, -0.15) is 0 Å². The summed E-state index contributed by atoms with van der Waals surface area (Å²) in [4.78, 5) is 36.0. The number of amides is 4. The molecule has 1 aromatic carbocycles. The van der Waals surface area contributed by atoms with E-state index in [1.807, 2.05) is 0 Å². The van der Waals surface area contributed by atoms with Crippen molar-refractivity contribution in [3.63, 3.8) is 0 Å². The highest BCUT2D eigenvalue weighted by molar-refractivity contribution is 5.96. The quantitative estimate of drug-likeness (QED) is 0.674. The first-order chi connectivity index (χ1) is 12.1. The minimum absolute atomic E-state index is 0.0398. The van der Waals surface area contributed by atoms with E-state index in [0.29, 0.717) is 24.3 Å². The van der Waals surface area contributed by atoms with Gasteiger partial charge in [0.05, 0.1) is 0 Å². The van der Waals surface area contributed by atoms with Crippen molar-refractivity contribution < 1.29 is 14.4 Å². The van der Waals surface area contributed by atoms with Crippen molar-refractivity contribution in [3.05, 3.63) is 24.3 Å². The monoisotopic (exact) mass is 344 g/mol. The van der Waals surface area contributed by atoms with Crippen LogP contribution in [0, 0.1) is 5.92 Å². The van der Waals surface area contributed by atoms with Crippen LogP contribution in [-0.4, -0.2) is 30.4 Å². The molecule has 0 bridgehead atoms. The van der Waals surface area contributed by atoms with Crippen molar-refractivity contribution in [2.45, 2.75) is 44.6 Å². The summed E-state index contributed by atoms with van der Waals surface area (Å²) in [5.41, 5.74) is 1.23. The van der Waals surface area contributed by atoms with Crippen LogP contribution in [0.5, 0.6) is 0 Å². The van der Waals surface area contributed by atoms with E-state index < -0.39 is 12.1 Å². The summed E-state index contributed by atoms with van der Waals surface area (Å²) in [5, 5.41) is 11.0. The molecule has 2 aliphatic rings. The maximum Gasteiger partial charge on any atom is 0.319 e. The number of hydrogen-bond acceptors (Lipinski definition) is 3. The lowest BCUT2D eigenvalue weighted by Gasteiger charge is -2.22. The molecule has 1 heterocycles. The van der Waals surface area contributed by atoms with Crippen molar-refractivity contribution in [2.24, 2.45) is 5.92 Å². The van der Waals surface area contributed by atoms with Crippen molar-refractivity contribution in [3.8, 4) is 0 Å². The van der Waals surface area contributed by atoms with E-state index >= 15 is 0 Å². The largest absolute Gasteiger partial charge is 0.354 e. The van der Waals surface area contributed by atoms with E-state index in [1.54, 1.807) is 24.3 Å². The first kappa shape index (κ1) is 17.3. The Balaban J connectivity index is 1.54. The average molecular weight is 344 g/mol. The number of carbonyl (C=O) groups is 3. The van der Waals surface area contributed by atoms with Gasteiger partial charge in [-0.15, -0.1) is 0 Å². The summed E-state index contributed by atoms with van der Waals surface area (Å²) in [5.74, 6) is -0.0262. The highest BCUT2D eigenvalue weighted by Gasteiger charge is 2.24. The minimum atomic E-state index is -0.501. The first-order valence-corrected chi connectivity index (χ1v) is 8.88. The first-order valence-electron chi connectivity index (χ1n) is 8.88. The molecule has 4 N–H and O–H groups in total. The predicted octanol–water partition coefficient (Wildman–Crippen LogP) is 2.22. The summed E-state index contributed by atoms with van der Waals surface area (Å²) in [6.07, 6.45) is 5.57. The molecule has 1 saturated heterocycles. The maximum atomic E-state index is 12.2. The molecule has 25 heavy (non-hydrogen) atoms. The Morgan fingerprint density at radius 3 is 2.44 bits per heavy atom. The summed E-state index contributed by atoms with van der Waals surface area (Å²) in [6.45, 7) is 0.654. The topological polar surface area (TPSA) is 99.3 Å². The number of benzene rings is 1. The van der Waals surface area contributed by atoms with Crippen LogP contribution in [-0.2, 0) is 9.59 Å². The highest BCUT2D eigenvalue weighted by Crippen LogP contribution is 2.26. The molecule has 1 aliphatic carbocycles. The molecule has 1 aliphatic heterocycles. The van der Waals surface area contributed by atoms with Crippen molar-refractivity contribution in [1.29, 1.82) is 0 Å². The Hall–Kier alpha value is -2.57. The fourth-order valence-electron chi connectivity index (χ4n) is 3.34. The Morgan fingerprint density at radius 1 is 1.00 bits per heavy atom. The van der Waals surface area contributed by atoms with Crippen LogP contribution in [0.2, 0.25) is 0 Å². The van der Waals surface area contributed by atoms with Gasteiger partial charge in [0.15, 0.2) is 0 Å². The molecule has 0 aromatic heterocycles. The second-order valence-corrected chi connectivity index (χ2v) is 6.64. The van der Waals surface area contributed by atoms with Crippen LogP contribution >= 0.6 is 0 Å². The Kier molecular flexibility index (Phi) is 5.53. The lowest BCUT2D eigenvalue weighted by Crippen LogP contribution is -2.51. The van der Waals surface area contributed by atoms with Gasteiger partial charge in [0, 0.05) is 23.8 Å². The number of nitrogens with one attached hydrogen (secondary N) is 4. The Labute approximate surface area is 146 Å². The molecular formula is C18H24N4O3. The fourth-order valence-corrected chi connectivity index (χ4v) is 3.34. The predicted molar refractivity (Wildman–Crippen MR) is 95.2 cm³/mol. The van der Waals surface area contributed by atoms with Crippen LogP contribution < -0.4 is 21.3 Å². The van der Waals surface area contributed by atoms with Gasteiger partial charge < -0.3 is 21.3 Å². The maximum absolute atomic E-state index is 12.2. The van der Waals surface area contributed by atoms with E-state index in [4.69, 9.17) is 0 Å². The van der Waals surface area contributed by atoms with Gasteiger partial charge in [-0.3, -0.25) is 9.59 Å². The molecule has 0 unspecified atom stereocenters. The highest BCUT2D eigenvalue weighted by atomic mass is 16.2. The normalized spacial score (nSPS) is 20.6. The number of piperidine rings is 1. The number of rotatable bonds is 4. The lowest BCUT2D eigenvalue weighted by molar-refractivity contribution is -0.124.